The van der Waals surface area contributed by atoms with Crippen LogP contribution in [0.15, 0.2) is 18.6 Å². The molecule has 1 saturated heterocycles. The maximum atomic E-state index is 14.9. The van der Waals surface area contributed by atoms with Crippen molar-refractivity contribution in [3.8, 4) is 0 Å². The molecule has 1 aliphatic heterocycles. The number of pyridine rings is 1. The fourth-order valence-electron chi connectivity index (χ4n) is 3.43. The number of amides is 1. The van der Waals surface area contributed by atoms with Crippen LogP contribution in [0, 0.1) is 24.6 Å². The van der Waals surface area contributed by atoms with Crippen LogP contribution in [0.2, 0.25) is 0 Å². The number of aromatic carboxylic acids is 1. The molecule has 0 radical (unpaired) electrons. The second-order valence-electron chi connectivity index (χ2n) is 6.72. The van der Waals surface area contributed by atoms with Gasteiger partial charge >= 0.3 is 5.97 Å². The van der Waals surface area contributed by atoms with E-state index in [0.29, 0.717) is 29.4 Å². The second-order valence-corrected chi connectivity index (χ2v) is 6.72. The van der Waals surface area contributed by atoms with E-state index in [1.54, 1.807) is 18.7 Å². The number of hydrogen-bond acceptors (Lipinski definition) is 4. The molecular formula is C17H17FN4O3. The topological polar surface area (TPSA) is 88.3 Å². The summed E-state index contributed by atoms with van der Waals surface area (Å²) >= 11 is 0. The molecule has 2 aliphatic rings. The van der Waals surface area contributed by atoms with Crippen molar-refractivity contribution in [1.29, 1.82) is 0 Å². The molecule has 1 aliphatic carbocycles. The van der Waals surface area contributed by atoms with Crippen LogP contribution in [0.25, 0.3) is 0 Å². The van der Waals surface area contributed by atoms with Gasteiger partial charge in [0.1, 0.15) is 11.6 Å². The largest absolute Gasteiger partial charge is 0.478 e. The minimum Gasteiger partial charge on any atom is -0.478 e. The first-order valence-electron chi connectivity index (χ1n) is 8.12. The van der Waals surface area contributed by atoms with Gasteiger partial charge in [-0.15, -0.1) is 0 Å². The number of carboxylic acid groups (broad SMARTS) is 1. The van der Waals surface area contributed by atoms with E-state index < -0.39 is 17.8 Å². The zero-order chi connectivity index (χ0) is 17.9. The summed E-state index contributed by atoms with van der Waals surface area (Å²) in [5, 5.41) is 13.0. The molecule has 1 amide bonds. The summed E-state index contributed by atoms with van der Waals surface area (Å²) in [6.07, 6.45) is 4.91. The number of hydrogen-bond donors (Lipinski definition) is 1. The predicted octanol–water partition coefficient (Wildman–Crippen LogP) is 2.02. The average molecular weight is 344 g/mol. The third kappa shape index (κ3) is 2.40. The van der Waals surface area contributed by atoms with Crippen molar-refractivity contribution in [3.63, 3.8) is 0 Å². The maximum absolute atomic E-state index is 14.9. The van der Waals surface area contributed by atoms with Gasteiger partial charge in [-0.3, -0.25) is 14.4 Å². The molecule has 2 aromatic rings. The smallest absolute Gasteiger partial charge is 0.338 e. The van der Waals surface area contributed by atoms with Crippen molar-refractivity contribution in [3.05, 3.63) is 41.1 Å². The summed E-state index contributed by atoms with van der Waals surface area (Å²) in [6, 6.07) is -0.518. The minimum absolute atomic E-state index is 0.0268. The van der Waals surface area contributed by atoms with Crippen LogP contribution < -0.4 is 4.90 Å². The number of piperidine rings is 1. The molecule has 0 spiro atoms. The number of aromatic nitrogens is 3. The maximum Gasteiger partial charge on any atom is 0.338 e. The quantitative estimate of drug-likeness (QED) is 0.917. The van der Waals surface area contributed by atoms with E-state index in [2.05, 4.69) is 10.1 Å². The highest BCUT2D eigenvalue weighted by Crippen LogP contribution is 2.47. The first-order chi connectivity index (χ1) is 11.9. The molecule has 2 aromatic heterocycles. The van der Waals surface area contributed by atoms with Gasteiger partial charge in [-0.2, -0.15) is 5.10 Å². The van der Waals surface area contributed by atoms with E-state index in [9.17, 15) is 14.0 Å². The molecule has 3 heterocycles. The van der Waals surface area contributed by atoms with Crippen molar-refractivity contribution in [2.24, 2.45) is 11.8 Å². The fraction of sp³-hybridized carbons (Fsp3) is 0.412. The summed E-state index contributed by atoms with van der Waals surface area (Å²) in [6.45, 7) is 3.93. The summed E-state index contributed by atoms with van der Waals surface area (Å²) in [4.78, 5) is 29.1. The fourth-order valence-corrected chi connectivity index (χ4v) is 3.43. The summed E-state index contributed by atoms with van der Waals surface area (Å²) < 4.78 is 16.3. The SMILES string of the molecule is Cc1c(N2C[C@H]3C[C@H]3C2=O)ncc(C(C)n2cc(C(=O)O)cn2)c1F. The van der Waals surface area contributed by atoms with Crippen LogP contribution >= 0.6 is 0 Å². The highest BCUT2D eigenvalue weighted by atomic mass is 19.1. The van der Waals surface area contributed by atoms with Gasteiger partial charge in [-0.05, 0) is 26.2 Å². The highest BCUT2D eigenvalue weighted by molar-refractivity contribution is 5.99. The second kappa shape index (κ2) is 5.37. The first kappa shape index (κ1) is 15.7. The van der Waals surface area contributed by atoms with Crippen LogP contribution in [0.3, 0.4) is 0 Å². The molecular weight excluding hydrogens is 327 g/mol. The number of halogens is 1. The Balaban J connectivity index is 1.65. The molecule has 7 nitrogen and oxygen atoms in total. The summed E-state index contributed by atoms with van der Waals surface area (Å²) in [5.74, 6) is -0.667. The van der Waals surface area contributed by atoms with Gasteiger partial charge in [0.25, 0.3) is 0 Å². The lowest BCUT2D eigenvalue weighted by Gasteiger charge is -2.22. The lowest BCUT2D eigenvalue weighted by atomic mass is 10.1. The van der Waals surface area contributed by atoms with Gasteiger partial charge < -0.3 is 5.11 Å². The van der Waals surface area contributed by atoms with Gasteiger partial charge in [-0.1, -0.05) is 0 Å². The Morgan fingerprint density at radius 2 is 2.20 bits per heavy atom. The van der Waals surface area contributed by atoms with E-state index in [0.717, 1.165) is 6.42 Å². The molecule has 8 heteroatoms. The van der Waals surface area contributed by atoms with Gasteiger partial charge in [0, 0.05) is 36.0 Å². The number of carboxylic acids is 1. The van der Waals surface area contributed by atoms with E-state index in [1.165, 1.54) is 23.3 Å². The summed E-state index contributed by atoms with van der Waals surface area (Å²) in [7, 11) is 0. The molecule has 0 bridgehead atoms. The lowest BCUT2D eigenvalue weighted by molar-refractivity contribution is -0.118. The molecule has 4 rings (SSSR count). The molecule has 1 N–H and O–H groups in total. The molecule has 1 unspecified atom stereocenters. The first-order valence-corrected chi connectivity index (χ1v) is 8.12. The van der Waals surface area contributed by atoms with Crippen LogP contribution in [-0.4, -0.2) is 38.3 Å². The van der Waals surface area contributed by atoms with Crippen molar-refractivity contribution in [2.75, 3.05) is 11.4 Å². The Kier molecular flexibility index (Phi) is 3.38. The van der Waals surface area contributed by atoms with Gasteiger partial charge in [-0.25, -0.2) is 14.2 Å². The van der Waals surface area contributed by atoms with Crippen LogP contribution in [0.4, 0.5) is 10.2 Å². The van der Waals surface area contributed by atoms with Gasteiger partial charge in [0.05, 0.1) is 17.8 Å². The Bertz CT molecular complexity index is 894. The number of nitrogens with zero attached hydrogens (tertiary/aromatic N) is 4. The Hall–Kier alpha value is -2.77. The molecule has 1 saturated carbocycles. The normalized spacial score (nSPS) is 22.8. The standard InChI is InChI=1S/C17H17FN4O3/c1-8-14(18)13(9(2)22-7-11(4-20-22)17(24)25)5-19-15(8)21-6-10-3-12(10)16(21)23/h4-5,7,9-10,12H,3,6H2,1-2H3,(H,24,25)/t9?,10-,12-/m1/s1. The van der Waals surface area contributed by atoms with Crippen molar-refractivity contribution in [1.82, 2.24) is 14.8 Å². The molecule has 2 fully saturated rings. The molecule has 25 heavy (non-hydrogen) atoms. The number of anilines is 1. The van der Waals surface area contributed by atoms with Gasteiger partial charge in [0.15, 0.2) is 0 Å². The van der Waals surface area contributed by atoms with Crippen molar-refractivity contribution >= 4 is 17.7 Å². The Morgan fingerprint density at radius 1 is 1.44 bits per heavy atom. The van der Waals surface area contributed by atoms with Crippen molar-refractivity contribution in [2.45, 2.75) is 26.3 Å². The predicted molar refractivity (Wildman–Crippen MR) is 85.9 cm³/mol. The number of carbonyl (C=O) groups is 2. The Morgan fingerprint density at radius 3 is 2.80 bits per heavy atom. The number of rotatable bonds is 4. The van der Waals surface area contributed by atoms with E-state index in [4.69, 9.17) is 5.11 Å². The molecule has 130 valence electrons. The minimum atomic E-state index is -1.09. The monoisotopic (exact) mass is 344 g/mol. The highest BCUT2D eigenvalue weighted by Gasteiger charge is 2.53. The molecule has 3 atom stereocenters. The van der Waals surface area contributed by atoms with Crippen molar-refractivity contribution < 1.29 is 19.1 Å². The third-order valence-corrected chi connectivity index (χ3v) is 5.12. The lowest BCUT2D eigenvalue weighted by Crippen LogP contribution is -2.30. The van der Waals surface area contributed by atoms with Crippen LogP contribution in [-0.2, 0) is 4.79 Å². The van der Waals surface area contributed by atoms with Gasteiger partial charge in [0.2, 0.25) is 5.91 Å². The molecule has 0 aromatic carbocycles. The zero-order valence-corrected chi connectivity index (χ0v) is 13.8. The van der Waals surface area contributed by atoms with E-state index in [-0.39, 0.29) is 17.4 Å². The third-order valence-electron chi connectivity index (χ3n) is 5.12. The van der Waals surface area contributed by atoms with Crippen LogP contribution in [0.1, 0.15) is 40.9 Å². The summed E-state index contributed by atoms with van der Waals surface area (Å²) in [5.41, 5.74) is 0.665. The zero-order valence-electron chi connectivity index (χ0n) is 13.8. The van der Waals surface area contributed by atoms with E-state index >= 15 is 0 Å². The Labute approximate surface area is 143 Å². The van der Waals surface area contributed by atoms with E-state index in [1.807, 2.05) is 0 Å². The average Bonchev–Trinajstić information content (AvgIpc) is 3.03. The van der Waals surface area contributed by atoms with Crippen LogP contribution in [0.5, 0.6) is 0 Å². The number of carbonyl (C=O) groups excluding carboxylic acids is 1. The number of fused-ring (bicyclic) bond motifs is 1.